The number of sulfone groups is 1. The average molecular weight is 417 g/mol. The number of hydrogen-bond acceptors (Lipinski definition) is 5. The summed E-state index contributed by atoms with van der Waals surface area (Å²) >= 11 is 0. The molecule has 0 radical (unpaired) electrons. The van der Waals surface area contributed by atoms with Gasteiger partial charge in [0.2, 0.25) is 5.91 Å². The van der Waals surface area contributed by atoms with Crippen molar-refractivity contribution in [2.75, 3.05) is 43.9 Å². The number of carbonyl (C=O) groups is 1. The Morgan fingerprint density at radius 2 is 1.66 bits per heavy atom. The van der Waals surface area contributed by atoms with Crippen LogP contribution in [-0.2, 0) is 14.6 Å². The lowest BCUT2D eigenvalue weighted by Gasteiger charge is -2.37. The van der Waals surface area contributed by atoms with E-state index in [1.54, 1.807) is 17.0 Å². The Balaban J connectivity index is 1.55. The fourth-order valence-corrected chi connectivity index (χ4v) is 4.79. The molecule has 0 saturated carbocycles. The molecule has 6 nitrogen and oxygen atoms in total. The van der Waals surface area contributed by atoms with E-state index in [1.807, 2.05) is 0 Å². The van der Waals surface area contributed by atoms with Gasteiger partial charge in [0.25, 0.3) is 0 Å². The predicted molar refractivity (Wildman–Crippen MR) is 114 cm³/mol. The lowest BCUT2D eigenvalue weighted by molar-refractivity contribution is -0.131. The number of ether oxygens (including phenoxy) is 1. The second-order valence-electron chi connectivity index (χ2n) is 7.33. The zero-order valence-electron chi connectivity index (χ0n) is 17.2. The molecule has 2 aromatic rings. The summed E-state index contributed by atoms with van der Waals surface area (Å²) in [5, 5.41) is 0. The lowest BCUT2D eigenvalue weighted by atomic mass is 10.1. The molecule has 0 bridgehead atoms. The van der Waals surface area contributed by atoms with Crippen LogP contribution in [-0.4, -0.2) is 58.3 Å². The molecule has 7 heteroatoms. The normalized spacial score (nSPS) is 14.7. The summed E-state index contributed by atoms with van der Waals surface area (Å²) in [4.78, 5) is 16.8. The highest BCUT2D eigenvalue weighted by molar-refractivity contribution is 7.91. The molecule has 1 fully saturated rings. The van der Waals surface area contributed by atoms with Crippen molar-refractivity contribution in [3.8, 4) is 5.75 Å². The van der Waals surface area contributed by atoms with Gasteiger partial charge in [-0.2, -0.15) is 0 Å². The summed E-state index contributed by atoms with van der Waals surface area (Å²) in [6.07, 6.45) is -0.00215. The van der Waals surface area contributed by atoms with E-state index in [4.69, 9.17) is 4.74 Å². The first-order chi connectivity index (χ1) is 13.8. The van der Waals surface area contributed by atoms with Crippen LogP contribution >= 0.6 is 0 Å². The number of aryl methyl sites for hydroxylation is 1. The summed E-state index contributed by atoms with van der Waals surface area (Å²) < 4.78 is 30.1. The first-order valence-electron chi connectivity index (χ1n) is 9.77. The number of anilines is 1. The fourth-order valence-electron chi connectivity index (χ4n) is 3.56. The molecule has 0 aromatic heterocycles. The minimum atomic E-state index is -3.50. The second-order valence-corrected chi connectivity index (χ2v) is 9.44. The van der Waals surface area contributed by atoms with Crippen molar-refractivity contribution in [3.63, 3.8) is 0 Å². The third-order valence-corrected chi connectivity index (χ3v) is 7.28. The van der Waals surface area contributed by atoms with Gasteiger partial charge in [0.05, 0.1) is 17.8 Å². The maximum Gasteiger partial charge on any atom is 0.223 e. The maximum atomic E-state index is 12.6. The molecule has 2 aromatic carbocycles. The third-order valence-electron chi connectivity index (χ3n) is 5.55. The standard InChI is InChI=1S/C22H28N2O4S/c1-17-5-4-6-21(18(17)2)23-12-14-24(15-13-23)22(25)11-16-29(26,27)20-9-7-19(28-3)8-10-20/h4-10H,11-16H2,1-3H3. The van der Waals surface area contributed by atoms with E-state index in [-0.39, 0.29) is 23.0 Å². The van der Waals surface area contributed by atoms with E-state index in [0.717, 1.165) is 13.1 Å². The summed E-state index contributed by atoms with van der Waals surface area (Å²) in [7, 11) is -1.97. The number of methoxy groups -OCH3 is 1. The van der Waals surface area contributed by atoms with Crippen LogP contribution in [0.2, 0.25) is 0 Å². The summed E-state index contributed by atoms with van der Waals surface area (Å²) in [6.45, 7) is 6.93. The molecule has 0 aliphatic carbocycles. The Morgan fingerprint density at radius 1 is 1.00 bits per heavy atom. The molecule has 1 heterocycles. The van der Waals surface area contributed by atoms with Crippen LogP contribution < -0.4 is 9.64 Å². The minimum absolute atomic E-state index is 0.00215. The van der Waals surface area contributed by atoms with E-state index < -0.39 is 9.84 Å². The fraction of sp³-hybridized carbons (Fsp3) is 0.409. The maximum absolute atomic E-state index is 12.6. The van der Waals surface area contributed by atoms with E-state index in [0.29, 0.717) is 18.8 Å². The van der Waals surface area contributed by atoms with Gasteiger partial charge in [0.15, 0.2) is 9.84 Å². The highest BCUT2D eigenvalue weighted by Gasteiger charge is 2.24. The van der Waals surface area contributed by atoms with E-state index in [2.05, 4.69) is 36.9 Å². The van der Waals surface area contributed by atoms with Crippen LogP contribution in [0, 0.1) is 13.8 Å². The zero-order valence-corrected chi connectivity index (χ0v) is 18.0. The van der Waals surface area contributed by atoms with Gasteiger partial charge in [-0.25, -0.2) is 8.42 Å². The first kappa shape index (κ1) is 21.2. The van der Waals surface area contributed by atoms with Gasteiger partial charge < -0.3 is 14.5 Å². The highest BCUT2D eigenvalue weighted by atomic mass is 32.2. The van der Waals surface area contributed by atoms with Gasteiger partial charge in [-0.05, 0) is 55.3 Å². The topological polar surface area (TPSA) is 66.9 Å². The minimum Gasteiger partial charge on any atom is -0.497 e. The average Bonchev–Trinajstić information content (AvgIpc) is 2.74. The molecule has 1 aliphatic rings. The van der Waals surface area contributed by atoms with Crippen LogP contribution in [0.5, 0.6) is 5.75 Å². The number of amides is 1. The SMILES string of the molecule is COc1ccc(S(=O)(=O)CCC(=O)N2CCN(c3cccc(C)c3C)CC2)cc1. The van der Waals surface area contributed by atoms with Gasteiger partial charge in [-0.3, -0.25) is 4.79 Å². The van der Waals surface area contributed by atoms with E-state index in [9.17, 15) is 13.2 Å². The first-order valence-corrected chi connectivity index (χ1v) is 11.4. The van der Waals surface area contributed by atoms with Crippen LogP contribution in [0.15, 0.2) is 47.4 Å². The Kier molecular flexibility index (Phi) is 6.47. The van der Waals surface area contributed by atoms with Crippen molar-refractivity contribution in [2.24, 2.45) is 0 Å². The molecule has 0 atom stereocenters. The number of carbonyl (C=O) groups excluding carboxylic acids is 1. The number of hydrogen-bond donors (Lipinski definition) is 0. The Labute approximate surface area is 173 Å². The Morgan fingerprint density at radius 3 is 2.28 bits per heavy atom. The molecule has 0 unspecified atom stereocenters. The van der Waals surface area contributed by atoms with E-state index >= 15 is 0 Å². The van der Waals surface area contributed by atoms with Crippen molar-refractivity contribution in [1.82, 2.24) is 4.90 Å². The van der Waals surface area contributed by atoms with Crippen LogP contribution in [0.4, 0.5) is 5.69 Å². The van der Waals surface area contributed by atoms with Gasteiger partial charge >= 0.3 is 0 Å². The smallest absolute Gasteiger partial charge is 0.223 e. The zero-order chi connectivity index (χ0) is 21.0. The van der Waals surface area contributed by atoms with Gasteiger partial charge in [0.1, 0.15) is 5.75 Å². The highest BCUT2D eigenvalue weighted by Crippen LogP contribution is 2.24. The molecule has 156 valence electrons. The van der Waals surface area contributed by atoms with Gasteiger partial charge in [0, 0.05) is 38.3 Å². The number of benzene rings is 2. The monoisotopic (exact) mass is 416 g/mol. The lowest BCUT2D eigenvalue weighted by Crippen LogP contribution is -2.49. The van der Waals surface area contributed by atoms with Crippen LogP contribution in [0.1, 0.15) is 17.5 Å². The van der Waals surface area contributed by atoms with Crippen molar-refractivity contribution < 1.29 is 17.9 Å². The quantitative estimate of drug-likeness (QED) is 0.724. The predicted octanol–water partition coefficient (Wildman–Crippen LogP) is 2.82. The third kappa shape index (κ3) is 4.90. The number of rotatable bonds is 6. The second kappa shape index (κ2) is 8.86. The summed E-state index contributed by atoms with van der Waals surface area (Å²) in [5.74, 6) is 0.305. The van der Waals surface area contributed by atoms with Gasteiger partial charge in [-0.1, -0.05) is 12.1 Å². The Hall–Kier alpha value is -2.54. The van der Waals surface area contributed by atoms with Gasteiger partial charge in [-0.15, -0.1) is 0 Å². The number of nitrogens with zero attached hydrogens (tertiary/aromatic N) is 2. The van der Waals surface area contributed by atoms with Crippen LogP contribution in [0.3, 0.4) is 0 Å². The molecule has 1 aliphatic heterocycles. The molecular formula is C22H28N2O4S. The summed E-state index contributed by atoms with van der Waals surface area (Å²) in [5.41, 5.74) is 3.72. The van der Waals surface area contributed by atoms with Crippen molar-refractivity contribution in [1.29, 1.82) is 0 Å². The largest absolute Gasteiger partial charge is 0.497 e. The molecule has 1 amide bonds. The molecule has 29 heavy (non-hydrogen) atoms. The van der Waals surface area contributed by atoms with Crippen molar-refractivity contribution in [3.05, 3.63) is 53.6 Å². The Bertz CT molecular complexity index is 963. The molecule has 0 spiro atoms. The molecule has 0 N–H and O–H groups in total. The molecule has 3 rings (SSSR count). The summed E-state index contributed by atoms with van der Waals surface area (Å²) in [6, 6.07) is 12.5. The van der Waals surface area contributed by atoms with Crippen molar-refractivity contribution >= 4 is 21.4 Å². The molecule has 1 saturated heterocycles. The molecular weight excluding hydrogens is 388 g/mol. The van der Waals surface area contributed by atoms with E-state index in [1.165, 1.54) is 36.1 Å². The van der Waals surface area contributed by atoms with Crippen molar-refractivity contribution in [2.45, 2.75) is 25.2 Å². The number of piperazine rings is 1. The van der Waals surface area contributed by atoms with Crippen LogP contribution in [0.25, 0.3) is 0 Å².